The Kier molecular flexibility index (Phi) is 4.95. The number of ether oxygens (including phenoxy) is 3. The number of likely N-dealkylation sites (N-methyl/N-ethyl adjacent to an activating group) is 1. The molecule has 27 heavy (non-hydrogen) atoms. The molecule has 3 atom stereocenters. The van der Waals surface area contributed by atoms with Gasteiger partial charge in [-0.15, -0.1) is 0 Å². The van der Waals surface area contributed by atoms with Gasteiger partial charge in [-0.3, -0.25) is 9.59 Å². The minimum atomic E-state index is -0.0246. The lowest BCUT2D eigenvalue weighted by Gasteiger charge is -2.32. The third-order valence-corrected chi connectivity index (χ3v) is 5.86. The van der Waals surface area contributed by atoms with Crippen LogP contribution in [0.15, 0.2) is 18.2 Å². The maximum atomic E-state index is 13.0. The summed E-state index contributed by atoms with van der Waals surface area (Å²) in [6.45, 7) is 1.74. The summed E-state index contributed by atoms with van der Waals surface area (Å²) in [5.74, 6) is 2.04. The molecule has 2 heterocycles. The zero-order chi connectivity index (χ0) is 19.0. The number of rotatable bonds is 4. The Morgan fingerprint density at radius 2 is 2.00 bits per heavy atom. The largest absolute Gasteiger partial charge is 0.454 e. The Labute approximate surface area is 159 Å². The molecule has 146 valence electrons. The van der Waals surface area contributed by atoms with Crippen LogP contribution in [0.2, 0.25) is 0 Å². The van der Waals surface area contributed by atoms with Crippen molar-refractivity contribution in [3.63, 3.8) is 0 Å². The number of nitrogens with zero attached hydrogens (tertiary/aromatic N) is 2. The molecule has 0 N–H and O–H groups in total. The highest BCUT2D eigenvalue weighted by molar-refractivity contribution is 5.95. The summed E-state index contributed by atoms with van der Waals surface area (Å²) in [6, 6.07) is 5.34. The van der Waals surface area contributed by atoms with Crippen LogP contribution < -0.4 is 9.47 Å². The second-order valence-electron chi connectivity index (χ2n) is 7.77. The van der Waals surface area contributed by atoms with Gasteiger partial charge in [0.05, 0.1) is 6.10 Å². The van der Waals surface area contributed by atoms with Crippen molar-refractivity contribution in [3.05, 3.63) is 23.8 Å². The van der Waals surface area contributed by atoms with Crippen LogP contribution in [0.25, 0.3) is 0 Å². The zero-order valence-electron chi connectivity index (χ0n) is 15.8. The SMILES string of the molecule is CN(C)C(=O)CO[C@H]1CCC[C@@H]2CN(C(=O)c3ccc4c(c3)OCO4)C[C@@H]21. The van der Waals surface area contributed by atoms with Crippen LogP contribution in [0.1, 0.15) is 29.6 Å². The maximum absolute atomic E-state index is 13.0. The van der Waals surface area contributed by atoms with Gasteiger partial charge in [0.1, 0.15) is 6.61 Å². The molecule has 7 heteroatoms. The van der Waals surface area contributed by atoms with Crippen molar-refractivity contribution in [1.29, 1.82) is 0 Å². The molecule has 3 aliphatic rings. The number of likely N-dealkylation sites (tertiary alicyclic amines) is 1. The lowest BCUT2D eigenvalue weighted by Crippen LogP contribution is -2.37. The summed E-state index contributed by atoms with van der Waals surface area (Å²) in [7, 11) is 3.47. The Bertz CT molecular complexity index is 735. The fourth-order valence-electron chi connectivity index (χ4n) is 4.31. The summed E-state index contributed by atoms with van der Waals surface area (Å²) >= 11 is 0. The highest BCUT2D eigenvalue weighted by Crippen LogP contribution is 2.39. The first-order chi connectivity index (χ1) is 13.0. The van der Waals surface area contributed by atoms with Gasteiger partial charge in [0, 0.05) is 38.7 Å². The van der Waals surface area contributed by atoms with Gasteiger partial charge < -0.3 is 24.0 Å². The molecule has 0 bridgehead atoms. The molecule has 1 saturated carbocycles. The Morgan fingerprint density at radius 1 is 1.19 bits per heavy atom. The van der Waals surface area contributed by atoms with Crippen LogP contribution in [0, 0.1) is 11.8 Å². The molecule has 4 rings (SSSR count). The molecule has 0 spiro atoms. The van der Waals surface area contributed by atoms with E-state index in [1.165, 1.54) is 0 Å². The molecule has 0 radical (unpaired) electrons. The molecular formula is C20H26N2O5. The molecular weight excluding hydrogens is 348 g/mol. The molecule has 1 aliphatic carbocycles. The predicted molar refractivity (Wildman–Crippen MR) is 97.7 cm³/mol. The monoisotopic (exact) mass is 374 g/mol. The van der Waals surface area contributed by atoms with Crippen molar-refractivity contribution >= 4 is 11.8 Å². The second-order valence-corrected chi connectivity index (χ2v) is 7.77. The average Bonchev–Trinajstić information content (AvgIpc) is 3.31. The van der Waals surface area contributed by atoms with Crippen molar-refractivity contribution < 1.29 is 23.8 Å². The van der Waals surface area contributed by atoms with Gasteiger partial charge in [-0.25, -0.2) is 0 Å². The Morgan fingerprint density at radius 3 is 2.81 bits per heavy atom. The van der Waals surface area contributed by atoms with E-state index in [4.69, 9.17) is 14.2 Å². The summed E-state index contributed by atoms with van der Waals surface area (Å²) < 4.78 is 16.7. The number of hydrogen-bond donors (Lipinski definition) is 0. The molecule has 2 aliphatic heterocycles. The lowest BCUT2D eigenvalue weighted by molar-refractivity contribution is -0.138. The van der Waals surface area contributed by atoms with Crippen LogP contribution in [0.5, 0.6) is 11.5 Å². The topological polar surface area (TPSA) is 68.3 Å². The van der Waals surface area contributed by atoms with Crippen molar-refractivity contribution in [3.8, 4) is 11.5 Å². The number of benzene rings is 1. The third-order valence-electron chi connectivity index (χ3n) is 5.86. The van der Waals surface area contributed by atoms with Crippen LogP contribution in [0.4, 0.5) is 0 Å². The summed E-state index contributed by atoms with van der Waals surface area (Å²) in [6.07, 6.45) is 3.18. The van der Waals surface area contributed by atoms with E-state index >= 15 is 0 Å². The van der Waals surface area contributed by atoms with Gasteiger partial charge in [0.2, 0.25) is 12.7 Å². The van der Waals surface area contributed by atoms with E-state index in [-0.39, 0.29) is 31.3 Å². The Balaban J connectivity index is 1.41. The highest BCUT2D eigenvalue weighted by atomic mass is 16.7. The first kappa shape index (κ1) is 18.1. The number of carbonyl (C=O) groups excluding carboxylic acids is 2. The van der Waals surface area contributed by atoms with Gasteiger partial charge >= 0.3 is 0 Å². The maximum Gasteiger partial charge on any atom is 0.254 e. The minimum absolute atomic E-state index is 0.0193. The van der Waals surface area contributed by atoms with E-state index < -0.39 is 0 Å². The first-order valence-electron chi connectivity index (χ1n) is 9.53. The molecule has 1 aromatic rings. The van der Waals surface area contributed by atoms with E-state index in [2.05, 4.69) is 0 Å². The molecule has 0 unspecified atom stereocenters. The summed E-state index contributed by atoms with van der Waals surface area (Å²) in [5, 5.41) is 0. The first-order valence-corrected chi connectivity index (χ1v) is 9.53. The number of hydrogen-bond acceptors (Lipinski definition) is 5. The molecule has 1 saturated heterocycles. The Hall–Kier alpha value is -2.28. The van der Waals surface area contributed by atoms with Crippen LogP contribution in [-0.2, 0) is 9.53 Å². The zero-order valence-corrected chi connectivity index (χ0v) is 15.8. The predicted octanol–water partition coefficient (Wildman–Crippen LogP) is 1.76. The van der Waals surface area contributed by atoms with E-state index in [9.17, 15) is 9.59 Å². The number of amides is 2. The molecule has 0 aromatic heterocycles. The smallest absolute Gasteiger partial charge is 0.254 e. The van der Waals surface area contributed by atoms with Gasteiger partial charge in [-0.1, -0.05) is 6.42 Å². The standard InChI is InChI=1S/C20H26N2O5/c1-21(2)19(23)11-25-16-5-3-4-14-9-22(10-15(14)16)20(24)13-6-7-17-18(8-13)27-12-26-17/h6-8,14-16H,3-5,9-12H2,1-2H3/t14-,15+,16+/m1/s1. The summed E-state index contributed by atoms with van der Waals surface area (Å²) in [5.41, 5.74) is 0.623. The van der Waals surface area contributed by atoms with Crippen LogP contribution >= 0.6 is 0 Å². The molecule has 7 nitrogen and oxygen atoms in total. The fourth-order valence-corrected chi connectivity index (χ4v) is 4.31. The van der Waals surface area contributed by atoms with Crippen molar-refractivity contribution in [2.75, 3.05) is 40.6 Å². The van der Waals surface area contributed by atoms with Gasteiger partial charge in [0.25, 0.3) is 5.91 Å². The van der Waals surface area contributed by atoms with Gasteiger partial charge in [-0.2, -0.15) is 0 Å². The quantitative estimate of drug-likeness (QED) is 0.803. The molecule has 1 aromatic carbocycles. The highest BCUT2D eigenvalue weighted by Gasteiger charge is 2.42. The van der Waals surface area contributed by atoms with E-state index in [1.54, 1.807) is 37.2 Å². The average molecular weight is 374 g/mol. The lowest BCUT2D eigenvalue weighted by atomic mass is 9.79. The van der Waals surface area contributed by atoms with Gasteiger partial charge in [0.15, 0.2) is 11.5 Å². The van der Waals surface area contributed by atoms with Crippen LogP contribution in [0.3, 0.4) is 0 Å². The number of carbonyl (C=O) groups is 2. The van der Waals surface area contributed by atoms with Gasteiger partial charge in [-0.05, 0) is 37.0 Å². The van der Waals surface area contributed by atoms with Crippen molar-refractivity contribution in [2.45, 2.75) is 25.4 Å². The normalized spacial score (nSPS) is 26.0. The van der Waals surface area contributed by atoms with E-state index in [0.29, 0.717) is 35.4 Å². The van der Waals surface area contributed by atoms with Crippen molar-refractivity contribution in [1.82, 2.24) is 9.80 Å². The third kappa shape index (κ3) is 3.60. The molecule has 2 amide bonds. The molecule has 2 fully saturated rings. The second kappa shape index (κ2) is 7.38. The van der Waals surface area contributed by atoms with Crippen LogP contribution in [-0.4, -0.2) is 68.3 Å². The van der Waals surface area contributed by atoms with E-state index in [1.807, 2.05) is 4.90 Å². The number of fused-ring (bicyclic) bond motifs is 2. The minimum Gasteiger partial charge on any atom is -0.454 e. The van der Waals surface area contributed by atoms with Crippen molar-refractivity contribution in [2.24, 2.45) is 11.8 Å². The summed E-state index contributed by atoms with van der Waals surface area (Å²) in [4.78, 5) is 28.3. The van der Waals surface area contributed by atoms with E-state index in [0.717, 1.165) is 25.8 Å². The fraction of sp³-hybridized carbons (Fsp3) is 0.600.